The number of fused-ring (bicyclic) bond motifs is 2. The molecule has 7 heteroatoms. The van der Waals surface area contributed by atoms with Gasteiger partial charge in [0.05, 0.1) is 22.8 Å². The molecule has 1 fully saturated rings. The van der Waals surface area contributed by atoms with Gasteiger partial charge in [0.1, 0.15) is 11.8 Å². The second-order valence-corrected chi connectivity index (χ2v) is 8.79. The van der Waals surface area contributed by atoms with Crippen molar-refractivity contribution in [3.8, 4) is 11.3 Å². The number of aromatic nitrogens is 3. The topological polar surface area (TPSA) is 96.4 Å². The molecule has 2 N–H and O–H groups in total. The number of hydrogen-bond acceptors (Lipinski definition) is 4. The summed E-state index contributed by atoms with van der Waals surface area (Å²) in [7, 11) is 0. The summed E-state index contributed by atoms with van der Waals surface area (Å²) in [6.07, 6.45) is 6.23. The number of furan rings is 1. The van der Waals surface area contributed by atoms with E-state index in [0.717, 1.165) is 53.2 Å². The molecule has 1 aliphatic carbocycles. The number of hydrogen-bond donors (Lipinski definition) is 2. The van der Waals surface area contributed by atoms with Gasteiger partial charge in [-0.25, -0.2) is 0 Å². The quantitative estimate of drug-likeness (QED) is 0.403. The minimum Gasteiger partial charge on any atom is -0.464 e. The summed E-state index contributed by atoms with van der Waals surface area (Å²) >= 11 is 0. The van der Waals surface area contributed by atoms with Gasteiger partial charge in [-0.15, -0.1) is 0 Å². The third-order valence-electron chi connectivity index (χ3n) is 6.64. The summed E-state index contributed by atoms with van der Waals surface area (Å²) in [6.45, 7) is 0. The standard InChI is InChI=1S/C27H24N4O3/c32-19-11-9-18(10-12-19)31-24-7-3-2-6-22(24)29-27(31)30-26(33)17-13-14-28-23(15-17)21-16-34-25-8-4-1-5-20(21)25/h1-8,13-16,18-19,32H,9-12H2,(H,29,30,33)/t18-,19+. The number of para-hydroxylation sites is 3. The van der Waals surface area contributed by atoms with Crippen LogP contribution in [-0.4, -0.2) is 31.7 Å². The van der Waals surface area contributed by atoms with Crippen LogP contribution in [0, 0.1) is 0 Å². The first-order valence-electron chi connectivity index (χ1n) is 11.6. The van der Waals surface area contributed by atoms with Crippen LogP contribution in [0.5, 0.6) is 0 Å². The number of aliphatic hydroxyl groups excluding tert-OH is 1. The maximum Gasteiger partial charge on any atom is 0.280 e. The lowest BCUT2D eigenvalue weighted by molar-refractivity contribution is 0.0990. The lowest BCUT2D eigenvalue weighted by Crippen LogP contribution is -2.29. The fourth-order valence-corrected chi connectivity index (χ4v) is 4.90. The Morgan fingerprint density at radius 2 is 1.85 bits per heavy atom. The van der Waals surface area contributed by atoms with Crippen LogP contribution in [-0.2, 0) is 0 Å². The Bertz CT molecular complexity index is 1570. The fraction of sp³-hybridized carbons (Fsp3) is 0.222. The molecule has 1 amide bonds. The summed E-state index contributed by atoms with van der Waals surface area (Å²) < 4.78 is 7.76. The van der Waals surface area contributed by atoms with Gasteiger partial charge in [-0.1, -0.05) is 30.3 Å². The molecule has 5 aromatic rings. The van der Waals surface area contributed by atoms with Crippen molar-refractivity contribution in [1.29, 1.82) is 0 Å². The molecular weight excluding hydrogens is 428 g/mol. The summed E-state index contributed by atoms with van der Waals surface area (Å²) in [5.41, 5.74) is 5.20. The van der Waals surface area contributed by atoms with Gasteiger partial charge < -0.3 is 19.1 Å². The summed E-state index contributed by atoms with van der Waals surface area (Å²) in [5, 5.41) is 10.9. The number of carbonyl (C=O) groups excluding carboxylic acids is 1. The van der Waals surface area contributed by atoms with Gasteiger partial charge in [0.2, 0.25) is 5.62 Å². The second kappa shape index (κ2) is 8.43. The predicted molar refractivity (Wildman–Crippen MR) is 129 cm³/mol. The molecular formula is C27H24N4O3. The number of nitrogens with one attached hydrogen (secondary N) is 1. The fourth-order valence-electron chi connectivity index (χ4n) is 4.90. The Morgan fingerprint density at radius 1 is 1.06 bits per heavy atom. The van der Waals surface area contributed by atoms with Crippen LogP contribution in [0.15, 0.2) is 82.5 Å². The molecule has 1 aliphatic rings. The molecule has 0 radical (unpaired) electrons. The minimum absolute atomic E-state index is 0.177. The van der Waals surface area contributed by atoms with Crippen LogP contribution in [0.25, 0.3) is 33.3 Å². The number of aliphatic hydroxyl groups is 1. The van der Waals surface area contributed by atoms with Crippen molar-refractivity contribution in [1.82, 2.24) is 14.5 Å². The van der Waals surface area contributed by atoms with Gasteiger partial charge in [-0.3, -0.25) is 9.78 Å². The first kappa shape index (κ1) is 20.6. The molecule has 0 spiro atoms. The average molecular weight is 453 g/mol. The first-order valence-corrected chi connectivity index (χ1v) is 11.6. The van der Waals surface area contributed by atoms with E-state index in [1.807, 2.05) is 48.5 Å². The van der Waals surface area contributed by atoms with E-state index < -0.39 is 0 Å². The van der Waals surface area contributed by atoms with Gasteiger partial charge in [0.15, 0.2) is 0 Å². The molecule has 0 unspecified atom stereocenters. The normalized spacial score (nSPS) is 19.1. The highest BCUT2D eigenvalue weighted by Gasteiger charge is 2.23. The van der Waals surface area contributed by atoms with Gasteiger partial charge in [0, 0.05) is 28.8 Å². The van der Waals surface area contributed by atoms with Crippen LogP contribution in [0.2, 0.25) is 0 Å². The van der Waals surface area contributed by atoms with E-state index in [2.05, 4.69) is 19.5 Å². The van der Waals surface area contributed by atoms with Crippen molar-refractivity contribution < 1.29 is 14.3 Å². The highest BCUT2D eigenvalue weighted by atomic mass is 16.3. The van der Waals surface area contributed by atoms with Gasteiger partial charge in [0.25, 0.3) is 5.91 Å². The lowest BCUT2D eigenvalue weighted by Gasteiger charge is -2.27. The molecule has 7 nitrogen and oxygen atoms in total. The zero-order valence-electron chi connectivity index (χ0n) is 18.5. The van der Waals surface area contributed by atoms with Gasteiger partial charge in [-0.2, -0.15) is 4.99 Å². The third kappa shape index (κ3) is 3.64. The Labute approximate surface area is 195 Å². The van der Waals surface area contributed by atoms with Crippen molar-refractivity contribution in [3.63, 3.8) is 0 Å². The smallest absolute Gasteiger partial charge is 0.280 e. The van der Waals surface area contributed by atoms with E-state index in [1.54, 1.807) is 24.6 Å². The lowest BCUT2D eigenvalue weighted by atomic mass is 9.93. The Hall–Kier alpha value is -3.97. The number of carbonyl (C=O) groups is 1. The van der Waals surface area contributed by atoms with Crippen LogP contribution in [0.1, 0.15) is 42.1 Å². The average Bonchev–Trinajstić information content (AvgIpc) is 3.46. The van der Waals surface area contributed by atoms with E-state index in [4.69, 9.17) is 4.42 Å². The molecule has 1 saturated carbocycles. The molecule has 0 bridgehead atoms. The zero-order chi connectivity index (χ0) is 23.1. The van der Waals surface area contributed by atoms with E-state index in [-0.39, 0.29) is 18.1 Å². The molecule has 34 heavy (non-hydrogen) atoms. The van der Waals surface area contributed by atoms with Crippen LogP contribution in [0.3, 0.4) is 0 Å². The van der Waals surface area contributed by atoms with Crippen LogP contribution < -0.4 is 5.62 Å². The predicted octanol–water partition coefficient (Wildman–Crippen LogP) is 4.99. The summed E-state index contributed by atoms with van der Waals surface area (Å²) in [4.78, 5) is 25.6. The maximum atomic E-state index is 13.3. The number of benzene rings is 2. The number of H-pyrrole nitrogens is 1. The number of aromatic amines is 1. The Kier molecular flexibility index (Phi) is 5.11. The third-order valence-corrected chi connectivity index (χ3v) is 6.64. The first-order chi connectivity index (χ1) is 16.7. The summed E-state index contributed by atoms with van der Waals surface area (Å²) in [6, 6.07) is 19.3. The number of nitrogens with zero attached hydrogens (tertiary/aromatic N) is 3. The molecule has 2 aromatic carbocycles. The van der Waals surface area contributed by atoms with Gasteiger partial charge in [-0.05, 0) is 56.0 Å². The van der Waals surface area contributed by atoms with Crippen molar-refractivity contribution in [2.24, 2.45) is 4.99 Å². The van der Waals surface area contributed by atoms with Gasteiger partial charge >= 0.3 is 0 Å². The minimum atomic E-state index is -0.340. The van der Waals surface area contributed by atoms with E-state index >= 15 is 0 Å². The van der Waals surface area contributed by atoms with Crippen molar-refractivity contribution in [2.75, 3.05) is 0 Å². The molecule has 6 rings (SSSR count). The van der Waals surface area contributed by atoms with Crippen molar-refractivity contribution >= 4 is 27.9 Å². The molecule has 0 atom stereocenters. The van der Waals surface area contributed by atoms with Crippen molar-refractivity contribution in [2.45, 2.75) is 37.8 Å². The second-order valence-electron chi connectivity index (χ2n) is 8.79. The maximum absolute atomic E-state index is 13.3. The van der Waals surface area contributed by atoms with E-state index in [9.17, 15) is 9.90 Å². The summed E-state index contributed by atoms with van der Waals surface area (Å²) in [5.74, 6) is -0.340. The monoisotopic (exact) mass is 452 g/mol. The number of amides is 1. The Balaban J connectivity index is 1.41. The van der Waals surface area contributed by atoms with Crippen LogP contribution >= 0.6 is 0 Å². The molecule has 0 saturated heterocycles. The van der Waals surface area contributed by atoms with Crippen LogP contribution in [0.4, 0.5) is 0 Å². The zero-order valence-corrected chi connectivity index (χ0v) is 18.5. The number of pyridine rings is 1. The highest BCUT2D eigenvalue weighted by molar-refractivity contribution is 5.98. The largest absolute Gasteiger partial charge is 0.464 e. The molecule has 3 aromatic heterocycles. The highest BCUT2D eigenvalue weighted by Crippen LogP contribution is 2.31. The Morgan fingerprint density at radius 3 is 2.74 bits per heavy atom. The van der Waals surface area contributed by atoms with E-state index in [0.29, 0.717) is 16.9 Å². The number of imidazole rings is 1. The van der Waals surface area contributed by atoms with E-state index in [1.165, 1.54) is 0 Å². The molecule has 0 aliphatic heterocycles. The van der Waals surface area contributed by atoms with Crippen molar-refractivity contribution in [3.05, 3.63) is 84.3 Å². The molecule has 170 valence electrons. The SMILES string of the molecule is O=C(/N=c1\[nH]c2ccccc2n1[C@H]1CC[C@@H](O)CC1)c1ccnc(-c2coc3ccccc23)c1. The number of rotatable bonds is 3. The molecule has 3 heterocycles.